The average molecular weight is 617 g/mol. The molecule has 1 atom stereocenters. The predicted octanol–water partition coefficient (Wildman–Crippen LogP) is 7.30. The highest BCUT2D eigenvalue weighted by molar-refractivity contribution is 6.24. The van der Waals surface area contributed by atoms with E-state index in [4.69, 9.17) is 14.2 Å². The lowest BCUT2D eigenvalue weighted by atomic mass is 9.95. The number of hydrogen-bond donors (Lipinski definition) is 0. The summed E-state index contributed by atoms with van der Waals surface area (Å²) in [5, 5.41) is 0. The van der Waals surface area contributed by atoms with Gasteiger partial charge < -0.3 is 14.2 Å². The van der Waals surface area contributed by atoms with E-state index in [1.807, 2.05) is 36.4 Å². The van der Waals surface area contributed by atoms with Crippen molar-refractivity contribution in [3.63, 3.8) is 0 Å². The minimum atomic E-state index is -0.542. The van der Waals surface area contributed by atoms with Gasteiger partial charge in [-0.1, -0.05) is 102 Å². The Morgan fingerprint density at radius 1 is 0.844 bits per heavy atom. The molecule has 0 aliphatic carbocycles. The number of fused-ring (bicyclic) bond motifs is 1. The lowest BCUT2D eigenvalue weighted by molar-refractivity contribution is -0.138. The summed E-state index contributed by atoms with van der Waals surface area (Å²) in [5.41, 5.74) is 1.09. The van der Waals surface area contributed by atoms with E-state index in [9.17, 15) is 9.59 Å². The van der Waals surface area contributed by atoms with Crippen LogP contribution >= 0.6 is 0 Å². The van der Waals surface area contributed by atoms with Crippen molar-refractivity contribution in [1.29, 1.82) is 0 Å². The van der Waals surface area contributed by atoms with Crippen molar-refractivity contribution < 1.29 is 19.0 Å². The fourth-order valence-corrected chi connectivity index (χ4v) is 5.63. The zero-order valence-electron chi connectivity index (χ0n) is 26.9. The second-order valence-electron chi connectivity index (χ2n) is 11.7. The van der Waals surface area contributed by atoms with Crippen LogP contribution in [0.25, 0.3) is 11.1 Å². The SMILES string of the molecule is CCCCCCCCC(CCCCCC)COC(=O)C1=C(c2cccnc2)Cn2c1nc(OCCOc1ccccc1)nc2=O. The molecular weight excluding hydrogens is 568 g/mol. The maximum atomic E-state index is 13.8. The summed E-state index contributed by atoms with van der Waals surface area (Å²) >= 11 is 0. The highest BCUT2D eigenvalue weighted by Crippen LogP contribution is 2.33. The van der Waals surface area contributed by atoms with E-state index in [0.29, 0.717) is 23.8 Å². The Balaban J connectivity index is 1.47. The summed E-state index contributed by atoms with van der Waals surface area (Å²) < 4.78 is 18.8. The molecule has 0 amide bonds. The first kappa shape index (κ1) is 33.9. The number of carbonyl (C=O) groups is 1. The van der Waals surface area contributed by atoms with Gasteiger partial charge >= 0.3 is 17.7 Å². The van der Waals surface area contributed by atoms with Crippen LogP contribution in [-0.4, -0.2) is 45.3 Å². The maximum absolute atomic E-state index is 13.8. The van der Waals surface area contributed by atoms with Gasteiger partial charge in [0, 0.05) is 12.4 Å². The number of rotatable bonds is 21. The molecule has 3 aromatic rings. The third kappa shape index (κ3) is 10.5. The van der Waals surface area contributed by atoms with Gasteiger partial charge in [0.15, 0.2) is 5.82 Å². The number of allylic oxidation sites excluding steroid dienone is 1. The summed E-state index contributed by atoms with van der Waals surface area (Å²) in [6.45, 7) is 5.33. The molecule has 1 aliphatic heterocycles. The Bertz CT molecular complexity index is 1410. The molecule has 4 rings (SSSR count). The Morgan fingerprint density at radius 3 is 2.24 bits per heavy atom. The molecule has 1 unspecified atom stereocenters. The highest BCUT2D eigenvalue weighted by Gasteiger charge is 2.33. The lowest BCUT2D eigenvalue weighted by Crippen LogP contribution is -2.26. The van der Waals surface area contributed by atoms with Gasteiger partial charge in [-0.25, -0.2) is 9.59 Å². The van der Waals surface area contributed by atoms with Crippen LogP contribution in [0.15, 0.2) is 59.7 Å². The molecule has 0 saturated heterocycles. The molecule has 0 N–H and O–H groups in total. The number of para-hydroxylation sites is 1. The maximum Gasteiger partial charge on any atom is 0.354 e. The number of unbranched alkanes of at least 4 members (excludes halogenated alkanes) is 8. The molecule has 9 nitrogen and oxygen atoms in total. The first-order chi connectivity index (χ1) is 22.1. The fraction of sp³-hybridized carbons (Fsp3) is 0.528. The highest BCUT2D eigenvalue weighted by atomic mass is 16.5. The summed E-state index contributed by atoms with van der Waals surface area (Å²) in [4.78, 5) is 39.7. The van der Waals surface area contributed by atoms with Gasteiger partial charge in [0.05, 0.1) is 13.2 Å². The molecule has 9 heteroatoms. The number of esters is 1. The minimum absolute atomic E-state index is 0.0995. The molecule has 0 radical (unpaired) electrons. The molecule has 2 aromatic heterocycles. The Morgan fingerprint density at radius 2 is 1.53 bits per heavy atom. The van der Waals surface area contributed by atoms with E-state index < -0.39 is 11.7 Å². The molecular formula is C36H48N4O5. The Hall–Kier alpha value is -4.01. The van der Waals surface area contributed by atoms with E-state index in [-0.39, 0.29) is 37.2 Å². The van der Waals surface area contributed by atoms with Crippen molar-refractivity contribution in [2.75, 3.05) is 19.8 Å². The third-order valence-electron chi connectivity index (χ3n) is 8.14. The number of pyridine rings is 1. The molecule has 3 heterocycles. The normalized spacial score (nSPS) is 13.0. The van der Waals surface area contributed by atoms with Gasteiger partial charge in [-0.05, 0) is 48.1 Å². The van der Waals surface area contributed by atoms with Crippen LogP contribution in [0.2, 0.25) is 0 Å². The van der Waals surface area contributed by atoms with Crippen molar-refractivity contribution >= 4 is 17.1 Å². The summed E-state index contributed by atoms with van der Waals surface area (Å²) in [7, 11) is 0. The van der Waals surface area contributed by atoms with Crippen LogP contribution in [0.3, 0.4) is 0 Å². The van der Waals surface area contributed by atoms with Crippen LogP contribution in [0, 0.1) is 5.92 Å². The second-order valence-corrected chi connectivity index (χ2v) is 11.7. The first-order valence-corrected chi connectivity index (χ1v) is 16.7. The van der Waals surface area contributed by atoms with Gasteiger partial charge in [-0.3, -0.25) is 9.55 Å². The third-order valence-corrected chi connectivity index (χ3v) is 8.14. The van der Waals surface area contributed by atoms with Crippen molar-refractivity contribution in [3.05, 3.63) is 76.7 Å². The van der Waals surface area contributed by atoms with E-state index in [0.717, 1.165) is 31.2 Å². The fourth-order valence-electron chi connectivity index (χ4n) is 5.63. The zero-order chi connectivity index (χ0) is 31.7. The molecule has 0 bridgehead atoms. The first-order valence-electron chi connectivity index (χ1n) is 16.7. The Kier molecular flexibility index (Phi) is 14.1. The van der Waals surface area contributed by atoms with E-state index in [1.54, 1.807) is 18.5 Å². The van der Waals surface area contributed by atoms with Crippen LogP contribution in [0.4, 0.5) is 0 Å². The second kappa shape index (κ2) is 18.7. The van der Waals surface area contributed by atoms with Crippen LogP contribution in [0.1, 0.15) is 102 Å². The number of benzene rings is 1. The molecule has 1 aliphatic rings. The van der Waals surface area contributed by atoms with Crippen molar-refractivity contribution in [2.24, 2.45) is 5.92 Å². The van der Waals surface area contributed by atoms with E-state index in [2.05, 4.69) is 28.8 Å². The number of hydrogen-bond acceptors (Lipinski definition) is 8. The zero-order valence-corrected chi connectivity index (χ0v) is 26.9. The van der Waals surface area contributed by atoms with E-state index in [1.165, 1.54) is 55.9 Å². The minimum Gasteiger partial charge on any atom is -0.490 e. The summed E-state index contributed by atoms with van der Waals surface area (Å²) in [6, 6.07) is 13.0. The topological polar surface area (TPSA) is 105 Å². The number of ether oxygens (including phenoxy) is 3. The van der Waals surface area contributed by atoms with Gasteiger partial charge in [0.2, 0.25) is 0 Å². The molecule has 0 saturated carbocycles. The number of nitrogens with zero attached hydrogens (tertiary/aromatic N) is 4. The van der Waals surface area contributed by atoms with Crippen molar-refractivity contribution in [2.45, 2.75) is 97.4 Å². The van der Waals surface area contributed by atoms with Crippen LogP contribution in [0.5, 0.6) is 11.8 Å². The quantitative estimate of drug-likeness (QED) is 0.0907. The van der Waals surface area contributed by atoms with Crippen molar-refractivity contribution in [3.8, 4) is 11.8 Å². The molecule has 242 valence electrons. The monoisotopic (exact) mass is 616 g/mol. The van der Waals surface area contributed by atoms with Crippen LogP contribution < -0.4 is 15.2 Å². The van der Waals surface area contributed by atoms with E-state index >= 15 is 0 Å². The van der Waals surface area contributed by atoms with Gasteiger partial charge in [0.25, 0.3) is 0 Å². The summed E-state index contributed by atoms with van der Waals surface area (Å²) in [6.07, 6.45) is 17.6. The number of aromatic nitrogens is 4. The van der Waals surface area contributed by atoms with Crippen molar-refractivity contribution in [1.82, 2.24) is 19.5 Å². The molecule has 0 spiro atoms. The number of carbonyl (C=O) groups excluding carboxylic acids is 1. The Labute approximate surface area is 267 Å². The smallest absolute Gasteiger partial charge is 0.354 e. The van der Waals surface area contributed by atoms with Gasteiger partial charge in [0.1, 0.15) is 24.5 Å². The average Bonchev–Trinajstić information content (AvgIpc) is 3.46. The molecule has 1 aromatic carbocycles. The van der Waals surface area contributed by atoms with Gasteiger partial charge in [-0.15, -0.1) is 4.98 Å². The van der Waals surface area contributed by atoms with Crippen LogP contribution in [-0.2, 0) is 16.1 Å². The lowest BCUT2D eigenvalue weighted by Gasteiger charge is -2.18. The largest absolute Gasteiger partial charge is 0.490 e. The molecule has 45 heavy (non-hydrogen) atoms. The van der Waals surface area contributed by atoms with Gasteiger partial charge in [-0.2, -0.15) is 4.98 Å². The molecule has 0 fully saturated rings. The summed E-state index contributed by atoms with van der Waals surface area (Å²) in [5.74, 6) is 0.730. The predicted molar refractivity (Wildman–Crippen MR) is 176 cm³/mol. The standard InChI is InChI=1S/C36H48N4O5/c1-3-5-7-9-10-13-18-28(17-12-8-6-4-2)27-45-34(41)32-31(29-19-16-22-37-25-29)26-40-33(32)38-35(39-36(40)42)44-24-23-43-30-20-14-11-15-21-30/h11,14-16,19-22,25,28H,3-10,12-13,17-18,23-24,26-27H2,1-2H3.